The number of rotatable bonds is 8. The van der Waals surface area contributed by atoms with Crippen LogP contribution in [0.2, 0.25) is 0 Å². The first-order chi connectivity index (χ1) is 14.3. The fourth-order valence-electron chi connectivity index (χ4n) is 3.03. The Labute approximate surface area is 176 Å². The molecular weight excluding hydrogens is 404 g/mol. The standard InChI is InChI=1S/C21H24N4O4S/c1-4-16-10-12-18(13-11-16)25(30(3,27)28)15(2)21(26)22-14-19-23-20(24-29-19)17-8-6-5-7-9-17/h5-13,15H,4,14H2,1-3H3,(H,22,26)/t15-/m0/s1. The Morgan fingerprint density at radius 1 is 1.13 bits per heavy atom. The summed E-state index contributed by atoms with van der Waals surface area (Å²) in [6.45, 7) is 3.54. The molecule has 8 nitrogen and oxygen atoms in total. The van der Waals surface area contributed by atoms with E-state index in [0.717, 1.165) is 28.1 Å². The number of carbonyl (C=O) groups is 1. The highest BCUT2D eigenvalue weighted by Gasteiger charge is 2.29. The average Bonchev–Trinajstić information content (AvgIpc) is 3.21. The Morgan fingerprint density at radius 3 is 2.40 bits per heavy atom. The molecular formula is C21H24N4O4S. The number of nitrogens with zero attached hydrogens (tertiary/aromatic N) is 3. The van der Waals surface area contributed by atoms with Crippen LogP contribution >= 0.6 is 0 Å². The van der Waals surface area contributed by atoms with Gasteiger partial charge in [0.05, 0.1) is 18.5 Å². The fourth-order valence-corrected chi connectivity index (χ4v) is 4.20. The number of sulfonamides is 1. The average molecular weight is 429 g/mol. The summed E-state index contributed by atoms with van der Waals surface area (Å²) in [6.07, 6.45) is 1.92. The molecule has 0 fully saturated rings. The molecule has 0 unspecified atom stereocenters. The molecule has 158 valence electrons. The summed E-state index contributed by atoms with van der Waals surface area (Å²) in [5.74, 6) is 0.175. The minimum atomic E-state index is -3.68. The molecule has 1 atom stereocenters. The van der Waals surface area contributed by atoms with Gasteiger partial charge in [0.1, 0.15) is 6.04 Å². The molecule has 0 radical (unpaired) electrons. The van der Waals surface area contributed by atoms with Gasteiger partial charge in [-0.25, -0.2) is 8.42 Å². The molecule has 9 heteroatoms. The minimum Gasteiger partial charge on any atom is -0.345 e. The van der Waals surface area contributed by atoms with E-state index in [4.69, 9.17) is 4.52 Å². The van der Waals surface area contributed by atoms with Crippen molar-refractivity contribution in [3.63, 3.8) is 0 Å². The molecule has 0 aliphatic rings. The largest absolute Gasteiger partial charge is 0.345 e. The summed E-state index contributed by atoms with van der Waals surface area (Å²) < 4.78 is 31.0. The van der Waals surface area contributed by atoms with E-state index >= 15 is 0 Å². The van der Waals surface area contributed by atoms with Crippen molar-refractivity contribution in [2.75, 3.05) is 10.6 Å². The van der Waals surface area contributed by atoms with Gasteiger partial charge in [-0.2, -0.15) is 4.98 Å². The second kappa shape index (κ2) is 9.08. The summed E-state index contributed by atoms with van der Waals surface area (Å²) in [6, 6.07) is 15.5. The number of benzene rings is 2. The number of carbonyl (C=O) groups excluding carboxylic acids is 1. The van der Waals surface area contributed by atoms with E-state index in [1.54, 1.807) is 12.1 Å². The van der Waals surface area contributed by atoms with Gasteiger partial charge in [0.2, 0.25) is 27.6 Å². The number of hydrogen-bond donors (Lipinski definition) is 1. The lowest BCUT2D eigenvalue weighted by Crippen LogP contribution is -2.47. The van der Waals surface area contributed by atoms with Gasteiger partial charge in [-0.1, -0.05) is 54.5 Å². The molecule has 0 aliphatic carbocycles. The maximum absolute atomic E-state index is 12.7. The normalized spacial score (nSPS) is 12.4. The lowest BCUT2D eigenvalue weighted by Gasteiger charge is -2.28. The molecule has 1 N–H and O–H groups in total. The summed E-state index contributed by atoms with van der Waals surface area (Å²) in [5.41, 5.74) is 2.31. The molecule has 1 heterocycles. The Hall–Kier alpha value is -3.20. The third-order valence-electron chi connectivity index (χ3n) is 4.60. The van der Waals surface area contributed by atoms with Crippen LogP contribution in [0.5, 0.6) is 0 Å². The lowest BCUT2D eigenvalue weighted by atomic mass is 10.1. The number of hydrogen-bond acceptors (Lipinski definition) is 6. The Bertz CT molecular complexity index is 1100. The number of nitrogens with one attached hydrogen (secondary N) is 1. The van der Waals surface area contributed by atoms with Gasteiger partial charge < -0.3 is 9.84 Å². The van der Waals surface area contributed by atoms with Crippen LogP contribution in [0.15, 0.2) is 59.1 Å². The zero-order chi connectivity index (χ0) is 21.7. The Kier molecular flexibility index (Phi) is 6.51. The molecule has 1 aromatic heterocycles. The van der Waals surface area contributed by atoms with E-state index in [1.165, 1.54) is 6.92 Å². The molecule has 3 rings (SSSR count). The van der Waals surface area contributed by atoms with E-state index in [2.05, 4.69) is 15.5 Å². The Balaban J connectivity index is 1.70. The second-order valence-electron chi connectivity index (χ2n) is 6.85. The molecule has 0 aliphatic heterocycles. The lowest BCUT2D eigenvalue weighted by molar-refractivity contribution is -0.122. The fraction of sp³-hybridized carbons (Fsp3) is 0.286. The zero-order valence-electron chi connectivity index (χ0n) is 17.1. The van der Waals surface area contributed by atoms with Crippen molar-refractivity contribution in [3.8, 4) is 11.4 Å². The van der Waals surface area contributed by atoms with Gasteiger partial charge in [-0.3, -0.25) is 9.10 Å². The van der Waals surface area contributed by atoms with E-state index < -0.39 is 22.0 Å². The van der Waals surface area contributed by atoms with Gasteiger partial charge in [0, 0.05) is 5.56 Å². The molecule has 0 saturated carbocycles. The number of aromatic nitrogens is 2. The molecule has 3 aromatic rings. The molecule has 0 saturated heterocycles. The second-order valence-corrected chi connectivity index (χ2v) is 8.71. The highest BCUT2D eigenvalue weighted by Crippen LogP contribution is 2.22. The minimum absolute atomic E-state index is 0.00458. The van der Waals surface area contributed by atoms with Crippen LogP contribution in [-0.4, -0.2) is 36.8 Å². The zero-order valence-corrected chi connectivity index (χ0v) is 17.9. The van der Waals surface area contributed by atoms with Crippen LogP contribution < -0.4 is 9.62 Å². The predicted octanol–water partition coefficient (Wildman–Crippen LogP) is 2.77. The number of amides is 1. The van der Waals surface area contributed by atoms with E-state index in [1.807, 2.05) is 49.4 Å². The van der Waals surface area contributed by atoms with Crippen LogP contribution in [0.1, 0.15) is 25.3 Å². The highest BCUT2D eigenvalue weighted by molar-refractivity contribution is 7.92. The quantitative estimate of drug-likeness (QED) is 0.591. The third kappa shape index (κ3) is 5.04. The highest BCUT2D eigenvalue weighted by atomic mass is 32.2. The monoisotopic (exact) mass is 428 g/mol. The summed E-state index contributed by atoms with van der Waals surface area (Å²) in [5, 5.41) is 6.57. The van der Waals surface area contributed by atoms with Crippen molar-refractivity contribution >= 4 is 21.6 Å². The SMILES string of the molecule is CCc1ccc(N([C@@H](C)C(=O)NCc2nc(-c3ccccc3)no2)S(C)(=O)=O)cc1. The summed E-state index contributed by atoms with van der Waals surface area (Å²) >= 11 is 0. The third-order valence-corrected chi connectivity index (χ3v) is 5.84. The van der Waals surface area contributed by atoms with Crippen molar-refractivity contribution in [2.24, 2.45) is 0 Å². The van der Waals surface area contributed by atoms with Gasteiger partial charge in [-0.15, -0.1) is 0 Å². The number of aryl methyl sites for hydroxylation is 1. The van der Waals surface area contributed by atoms with Gasteiger partial charge >= 0.3 is 0 Å². The van der Waals surface area contributed by atoms with Crippen molar-refractivity contribution in [3.05, 3.63) is 66.1 Å². The summed E-state index contributed by atoms with van der Waals surface area (Å²) in [7, 11) is -3.68. The van der Waals surface area contributed by atoms with Crippen LogP contribution in [0.4, 0.5) is 5.69 Å². The van der Waals surface area contributed by atoms with Crippen molar-refractivity contribution in [2.45, 2.75) is 32.9 Å². The van der Waals surface area contributed by atoms with Crippen LogP contribution in [0.25, 0.3) is 11.4 Å². The van der Waals surface area contributed by atoms with E-state index in [-0.39, 0.29) is 12.4 Å². The molecule has 0 bridgehead atoms. The first-order valence-corrected chi connectivity index (χ1v) is 11.4. The van der Waals surface area contributed by atoms with Crippen molar-refractivity contribution in [1.82, 2.24) is 15.5 Å². The van der Waals surface area contributed by atoms with E-state index in [9.17, 15) is 13.2 Å². The summed E-state index contributed by atoms with van der Waals surface area (Å²) in [4.78, 5) is 16.9. The predicted molar refractivity (Wildman–Crippen MR) is 114 cm³/mol. The maximum Gasteiger partial charge on any atom is 0.246 e. The molecule has 1 amide bonds. The maximum atomic E-state index is 12.7. The molecule has 2 aromatic carbocycles. The van der Waals surface area contributed by atoms with Crippen molar-refractivity contribution < 1.29 is 17.7 Å². The Morgan fingerprint density at radius 2 is 1.80 bits per heavy atom. The van der Waals surface area contributed by atoms with Gasteiger partial charge in [0.15, 0.2) is 0 Å². The van der Waals surface area contributed by atoms with Crippen LogP contribution in [0, 0.1) is 0 Å². The van der Waals surface area contributed by atoms with Gasteiger partial charge in [0.25, 0.3) is 0 Å². The van der Waals surface area contributed by atoms with Crippen molar-refractivity contribution in [1.29, 1.82) is 0 Å². The van der Waals surface area contributed by atoms with Crippen LogP contribution in [0.3, 0.4) is 0 Å². The molecule has 0 spiro atoms. The molecule has 30 heavy (non-hydrogen) atoms. The van der Waals surface area contributed by atoms with Crippen LogP contribution in [-0.2, 0) is 27.8 Å². The first kappa shape index (κ1) is 21.5. The first-order valence-electron chi connectivity index (χ1n) is 9.53. The topological polar surface area (TPSA) is 105 Å². The smallest absolute Gasteiger partial charge is 0.246 e. The van der Waals surface area contributed by atoms with E-state index in [0.29, 0.717) is 11.5 Å². The van der Waals surface area contributed by atoms with Gasteiger partial charge in [-0.05, 0) is 31.0 Å². The number of anilines is 1.